The molecule has 0 saturated heterocycles. The minimum atomic E-state index is 0. The van der Waals surface area contributed by atoms with Crippen molar-refractivity contribution in [2.45, 2.75) is 25.9 Å². The maximum Gasteiger partial charge on any atom is 0.175 e. The summed E-state index contributed by atoms with van der Waals surface area (Å²) >= 11 is 3.49. The van der Waals surface area contributed by atoms with Gasteiger partial charge in [0.1, 0.15) is 6.61 Å². The monoisotopic (exact) mass is 379 g/mol. The Labute approximate surface area is 141 Å². The molecule has 1 unspecified atom stereocenters. The van der Waals surface area contributed by atoms with Crippen LogP contribution in [0.25, 0.3) is 0 Å². The van der Waals surface area contributed by atoms with Gasteiger partial charge in [0.25, 0.3) is 0 Å². The normalized spacial score (nSPS) is 11.4. The fourth-order valence-corrected chi connectivity index (χ4v) is 2.36. The molecule has 1 aromatic carbocycles. The highest BCUT2D eigenvalue weighted by Crippen LogP contribution is 2.36. The van der Waals surface area contributed by atoms with Gasteiger partial charge < -0.3 is 19.9 Å². The number of benzene rings is 1. The Morgan fingerprint density at radius 1 is 1.48 bits per heavy atom. The lowest BCUT2D eigenvalue weighted by atomic mass is 10.1. The van der Waals surface area contributed by atoms with Gasteiger partial charge in [-0.2, -0.15) is 0 Å². The first kappa shape index (κ1) is 20.2. The van der Waals surface area contributed by atoms with E-state index in [0.29, 0.717) is 24.7 Å². The Morgan fingerprint density at radius 3 is 2.71 bits per heavy atom. The number of halogens is 2. The second-order valence-electron chi connectivity index (χ2n) is 4.38. The number of hydrogen-bond acceptors (Lipinski definition) is 4. The number of hydrogen-bond donors (Lipinski definition) is 2. The maximum atomic E-state index is 9.17. The van der Waals surface area contributed by atoms with Gasteiger partial charge in [-0.3, -0.25) is 0 Å². The highest BCUT2D eigenvalue weighted by atomic mass is 79.9. The molecule has 1 aromatic rings. The number of nitrogens with one attached hydrogen (secondary N) is 1. The predicted octanol–water partition coefficient (Wildman–Crippen LogP) is 3.30. The fraction of sp³-hybridized carbons (Fsp3) is 0.467. The molecule has 1 atom stereocenters. The van der Waals surface area contributed by atoms with E-state index in [1.54, 1.807) is 13.2 Å². The first-order valence-electron chi connectivity index (χ1n) is 6.60. The number of rotatable bonds is 9. The van der Waals surface area contributed by atoms with Crippen LogP contribution in [0.3, 0.4) is 0 Å². The molecule has 0 saturated carbocycles. The van der Waals surface area contributed by atoms with Crippen molar-refractivity contribution < 1.29 is 14.6 Å². The quantitative estimate of drug-likeness (QED) is 0.645. The van der Waals surface area contributed by atoms with Crippen LogP contribution in [0.1, 0.15) is 18.9 Å². The molecule has 0 aromatic heterocycles. The summed E-state index contributed by atoms with van der Waals surface area (Å²) in [6, 6.07) is 4.02. The van der Waals surface area contributed by atoms with E-state index in [2.05, 4.69) is 27.8 Å². The third kappa shape index (κ3) is 6.26. The molecule has 21 heavy (non-hydrogen) atoms. The van der Waals surface area contributed by atoms with Crippen LogP contribution in [-0.4, -0.2) is 31.5 Å². The molecule has 0 fully saturated rings. The first-order valence-corrected chi connectivity index (χ1v) is 7.39. The summed E-state index contributed by atoms with van der Waals surface area (Å²) < 4.78 is 11.8. The molecule has 0 heterocycles. The van der Waals surface area contributed by atoms with E-state index in [4.69, 9.17) is 9.47 Å². The van der Waals surface area contributed by atoms with Crippen molar-refractivity contribution in [1.29, 1.82) is 0 Å². The van der Waals surface area contributed by atoms with Gasteiger partial charge in [-0.15, -0.1) is 12.4 Å². The smallest absolute Gasteiger partial charge is 0.175 e. The molecule has 0 bridgehead atoms. The zero-order chi connectivity index (χ0) is 15.0. The van der Waals surface area contributed by atoms with Gasteiger partial charge >= 0.3 is 0 Å². The standard InChI is InChI=1S/C15H22BrNO3.ClH/c1-4-6-20-15-13(16)7-11(8-14(15)19-3)9-17-12(5-2)10-18;/h4,7-8,12,17-18H,1,5-6,9-10H2,2-3H3;1H. The van der Waals surface area contributed by atoms with E-state index in [1.807, 2.05) is 19.1 Å². The number of methoxy groups -OCH3 is 1. The van der Waals surface area contributed by atoms with Crippen LogP contribution in [0.2, 0.25) is 0 Å². The summed E-state index contributed by atoms with van der Waals surface area (Å²) in [6.45, 7) is 6.89. The Hall–Kier alpha value is -0.750. The Balaban J connectivity index is 0.00000400. The molecule has 2 N–H and O–H groups in total. The molecule has 4 nitrogen and oxygen atoms in total. The van der Waals surface area contributed by atoms with Crippen molar-refractivity contribution in [3.63, 3.8) is 0 Å². The predicted molar refractivity (Wildman–Crippen MR) is 91.6 cm³/mol. The largest absolute Gasteiger partial charge is 0.493 e. The molecular formula is C15H23BrClNO3. The summed E-state index contributed by atoms with van der Waals surface area (Å²) in [6.07, 6.45) is 2.57. The minimum Gasteiger partial charge on any atom is -0.493 e. The van der Waals surface area contributed by atoms with E-state index >= 15 is 0 Å². The van der Waals surface area contributed by atoms with Crippen LogP contribution in [0.15, 0.2) is 29.3 Å². The van der Waals surface area contributed by atoms with Crippen molar-refractivity contribution in [2.24, 2.45) is 0 Å². The van der Waals surface area contributed by atoms with Crippen molar-refractivity contribution >= 4 is 28.3 Å². The van der Waals surface area contributed by atoms with Crippen molar-refractivity contribution in [1.82, 2.24) is 5.32 Å². The summed E-state index contributed by atoms with van der Waals surface area (Å²) in [5.41, 5.74) is 1.06. The minimum absolute atomic E-state index is 0. The third-order valence-electron chi connectivity index (χ3n) is 2.94. The van der Waals surface area contributed by atoms with Gasteiger partial charge in [0.05, 0.1) is 18.2 Å². The van der Waals surface area contributed by atoms with Crippen molar-refractivity contribution in [3.05, 3.63) is 34.8 Å². The third-order valence-corrected chi connectivity index (χ3v) is 3.53. The zero-order valence-corrected chi connectivity index (χ0v) is 14.8. The van der Waals surface area contributed by atoms with E-state index in [1.165, 1.54) is 0 Å². The van der Waals surface area contributed by atoms with Gasteiger partial charge in [-0.1, -0.05) is 19.6 Å². The molecule has 0 amide bonds. The van der Waals surface area contributed by atoms with Crippen LogP contribution < -0.4 is 14.8 Å². The number of aliphatic hydroxyl groups is 1. The SMILES string of the molecule is C=CCOc1c(Br)cc(CNC(CC)CO)cc1OC.Cl. The lowest BCUT2D eigenvalue weighted by molar-refractivity contribution is 0.238. The first-order chi connectivity index (χ1) is 9.65. The summed E-state index contributed by atoms with van der Waals surface area (Å²) in [5.74, 6) is 1.35. The molecule has 1 rings (SSSR count). The van der Waals surface area contributed by atoms with Gasteiger partial charge in [0.2, 0.25) is 0 Å². The summed E-state index contributed by atoms with van der Waals surface area (Å²) in [4.78, 5) is 0. The van der Waals surface area contributed by atoms with Crippen molar-refractivity contribution in [2.75, 3.05) is 20.3 Å². The highest BCUT2D eigenvalue weighted by molar-refractivity contribution is 9.10. The molecule has 120 valence electrons. The fourth-order valence-electron chi connectivity index (χ4n) is 1.76. The van der Waals surface area contributed by atoms with Crippen LogP contribution in [-0.2, 0) is 6.54 Å². The maximum absolute atomic E-state index is 9.17. The van der Waals surface area contributed by atoms with Crippen molar-refractivity contribution in [3.8, 4) is 11.5 Å². The second-order valence-corrected chi connectivity index (χ2v) is 5.23. The molecule has 0 radical (unpaired) electrons. The lowest BCUT2D eigenvalue weighted by Gasteiger charge is -2.16. The lowest BCUT2D eigenvalue weighted by Crippen LogP contribution is -2.31. The van der Waals surface area contributed by atoms with E-state index < -0.39 is 0 Å². The van der Waals surface area contributed by atoms with Gasteiger partial charge in [0.15, 0.2) is 11.5 Å². The molecule has 6 heteroatoms. The van der Waals surface area contributed by atoms with Gasteiger partial charge in [0, 0.05) is 12.6 Å². The average Bonchev–Trinajstić information content (AvgIpc) is 2.46. The van der Waals surface area contributed by atoms with E-state index in [0.717, 1.165) is 16.5 Å². The molecule has 0 aliphatic rings. The van der Waals surface area contributed by atoms with Gasteiger partial charge in [-0.05, 0) is 40.0 Å². The molecule has 0 aliphatic carbocycles. The summed E-state index contributed by atoms with van der Waals surface area (Å²) in [5, 5.41) is 12.5. The van der Waals surface area contributed by atoms with Gasteiger partial charge in [-0.25, -0.2) is 0 Å². The van der Waals surface area contributed by atoms with Crippen LogP contribution in [0.5, 0.6) is 11.5 Å². The van der Waals surface area contributed by atoms with Crippen LogP contribution in [0, 0.1) is 0 Å². The Bertz CT molecular complexity index is 439. The topological polar surface area (TPSA) is 50.7 Å². The number of aliphatic hydroxyl groups excluding tert-OH is 1. The number of ether oxygens (including phenoxy) is 2. The average molecular weight is 381 g/mol. The summed E-state index contributed by atoms with van der Waals surface area (Å²) in [7, 11) is 1.61. The molecule has 0 spiro atoms. The highest BCUT2D eigenvalue weighted by Gasteiger charge is 2.12. The Morgan fingerprint density at radius 2 is 2.19 bits per heavy atom. The van der Waals surface area contributed by atoms with E-state index in [-0.39, 0.29) is 25.1 Å². The van der Waals surface area contributed by atoms with Crippen LogP contribution >= 0.6 is 28.3 Å². The second kappa shape index (κ2) is 10.9. The molecular weight excluding hydrogens is 358 g/mol. The zero-order valence-electron chi connectivity index (χ0n) is 12.4. The van der Waals surface area contributed by atoms with E-state index in [9.17, 15) is 5.11 Å². The Kier molecular flexibility index (Phi) is 10.5. The molecule has 0 aliphatic heterocycles. The van der Waals surface area contributed by atoms with Crippen LogP contribution in [0.4, 0.5) is 0 Å².